The Balaban J connectivity index is 0.00000200. The number of rotatable bonds is 4. The molecule has 1 fully saturated rings. The van der Waals surface area contributed by atoms with Gasteiger partial charge in [-0.3, -0.25) is 9.69 Å². The van der Waals surface area contributed by atoms with Gasteiger partial charge in [-0.1, -0.05) is 0 Å². The summed E-state index contributed by atoms with van der Waals surface area (Å²) < 4.78 is 0.901. The maximum Gasteiger partial charge on any atom is 0.239 e. The van der Waals surface area contributed by atoms with Gasteiger partial charge >= 0.3 is 0 Å². The molecule has 1 amide bonds. The maximum absolute atomic E-state index is 11.9. The van der Waals surface area contributed by atoms with Crippen molar-refractivity contribution >= 4 is 52.5 Å². The normalized spacial score (nSPS) is 18.3. The molecule has 2 N–H and O–H groups in total. The van der Waals surface area contributed by atoms with Crippen molar-refractivity contribution in [3.8, 4) is 0 Å². The highest BCUT2D eigenvalue weighted by Crippen LogP contribution is 2.12. The Kier molecular flexibility index (Phi) is 10.1. The molecule has 1 aromatic rings. The van der Waals surface area contributed by atoms with E-state index in [1.165, 1.54) is 6.42 Å². The zero-order chi connectivity index (χ0) is 13.7. The summed E-state index contributed by atoms with van der Waals surface area (Å²) in [4.78, 5) is 18.2. The van der Waals surface area contributed by atoms with Gasteiger partial charge < -0.3 is 10.6 Å². The second-order valence-electron chi connectivity index (χ2n) is 4.77. The predicted octanol–water partition coefficient (Wildman–Crippen LogP) is 2.31. The summed E-state index contributed by atoms with van der Waals surface area (Å²) in [6, 6.07) is 4.14. The third-order valence-corrected chi connectivity index (χ3v) is 3.74. The first-order valence-electron chi connectivity index (χ1n) is 6.48. The number of amides is 1. The summed E-state index contributed by atoms with van der Waals surface area (Å²) in [5.41, 5.74) is 0. The lowest BCUT2D eigenvalue weighted by atomic mass is 10.1. The van der Waals surface area contributed by atoms with Gasteiger partial charge in [-0.2, -0.15) is 0 Å². The van der Waals surface area contributed by atoms with E-state index in [2.05, 4.69) is 36.4 Å². The van der Waals surface area contributed by atoms with E-state index in [-0.39, 0.29) is 30.7 Å². The van der Waals surface area contributed by atoms with Crippen molar-refractivity contribution in [2.75, 3.05) is 32.0 Å². The Bertz CT molecular complexity index is 433. The maximum atomic E-state index is 11.9. The quantitative estimate of drug-likeness (QED) is 0.815. The first-order chi connectivity index (χ1) is 9.17. The van der Waals surface area contributed by atoms with Crippen molar-refractivity contribution in [2.24, 2.45) is 0 Å². The molecule has 1 aliphatic heterocycles. The largest absolute Gasteiger partial charge is 0.316 e. The van der Waals surface area contributed by atoms with Crippen LogP contribution >= 0.6 is 40.7 Å². The average Bonchev–Trinajstić information content (AvgIpc) is 2.41. The fourth-order valence-corrected chi connectivity index (χ4v) is 2.50. The number of nitrogens with zero attached hydrogens (tertiary/aromatic N) is 2. The molecule has 0 aliphatic carbocycles. The number of likely N-dealkylation sites (tertiary alicyclic amines) is 1. The van der Waals surface area contributed by atoms with Gasteiger partial charge in [0.25, 0.3) is 0 Å². The van der Waals surface area contributed by atoms with E-state index >= 15 is 0 Å². The fraction of sp³-hybridized carbons (Fsp3) is 0.538. The molecule has 0 spiro atoms. The van der Waals surface area contributed by atoms with Crippen LogP contribution in [0.5, 0.6) is 0 Å². The number of hydrogen-bond acceptors (Lipinski definition) is 4. The van der Waals surface area contributed by atoms with Crippen LogP contribution in [-0.2, 0) is 4.79 Å². The summed E-state index contributed by atoms with van der Waals surface area (Å²) in [5.74, 6) is 0.585. The van der Waals surface area contributed by atoms with E-state index in [0.29, 0.717) is 18.4 Å². The Labute approximate surface area is 146 Å². The minimum Gasteiger partial charge on any atom is -0.316 e. The van der Waals surface area contributed by atoms with Crippen molar-refractivity contribution in [3.63, 3.8) is 0 Å². The molecular formula is C13H21BrCl2N4O. The lowest BCUT2D eigenvalue weighted by Gasteiger charge is -2.31. The number of aromatic nitrogens is 1. The van der Waals surface area contributed by atoms with E-state index in [0.717, 1.165) is 24.0 Å². The molecule has 0 saturated carbocycles. The minimum absolute atomic E-state index is 0. The minimum atomic E-state index is -0.00780. The number of carbonyl (C=O) groups excluding carboxylic acids is 1. The van der Waals surface area contributed by atoms with E-state index in [4.69, 9.17) is 0 Å². The number of pyridine rings is 1. The van der Waals surface area contributed by atoms with Crippen molar-refractivity contribution in [3.05, 3.63) is 22.8 Å². The second-order valence-corrected chi connectivity index (χ2v) is 5.69. The van der Waals surface area contributed by atoms with Crippen molar-refractivity contribution in [2.45, 2.75) is 18.9 Å². The summed E-state index contributed by atoms with van der Waals surface area (Å²) in [7, 11) is 1.97. The van der Waals surface area contributed by atoms with Crippen molar-refractivity contribution in [1.29, 1.82) is 0 Å². The van der Waals surface area contributed by atoms with E-state index in [1.807, 2.05) is 13.1 Å². The average molecular weight is 400 g/mol. The van der Waals surface area contributed by atoms with Crippen molar-refractivity contribution < 1.29 is 4.79 Å². The van der Waals surface area contributed by atoms with E-state index < -0.39 is 0 Å². The van der Waals surface area contributed by atoms with Crippen LogP contribution in [0.25, 0.3) is 0 Å². The zero-order valence-corrected chi connectivity index (χ0v) is 15.1. The number of piperidine rings is 1. The first kappa shape index (κ1) is 20.6. The van der Waals surface area contributed by atoms with Crippen LogP contribution in [0.2, 0.25) is 0 Å². The molecule has 1 saturated heterocycles. The van der Waals surface area contributed by atoms with Gasteiger partial charge in [0, 0.05) is 23.3 Å². The van der Waals surface area contributed by atoms with Gasteiger partial charge in [-0.25, -0.2) is 4.98 Å². The number of likely N-dealkylation sites (N-methyl/N-ethyl adjacent to an activating group) is 1. The highest BCUT2D eigenvalue weighted by molar-refractivity contribution is 9.10. The summed E-state index contributed by atoms with van der Waals surface area (Å²) in [6.45, 7) is 2.34. The number of hydrogen-bond donors (Lipinski definition) is 2. The van der Waals surface area contributed by atoms with Gasteiger partial charge in [0.05, 0.1) is 6.54 Å². The molecule has 0 bridgehead atoms. The molecule has 2 heterocycles. The summed E-state index contributed by atoms with van der Waals surface area (Å²) in [5, 5.41) is 6.09. The monoisotopic (exact) mass is 398 g/mol. The zero-order valence-electron chi connectivity index (χ0n) is 11.8. The molecular weight excluding hydrogens is 379 g/mol. The number of halogens is 3. The fourth-order valence-electron chi connectivity index (χ4n) is 2.27. The molecule has 1 aliphatic rings. The molecule has 1 aromatic heterocycles. The Hall–Kier alpha value is -0.400. The SMILES string of the molecule is CNC1CCCN(CC(=O)Nc2ccc(Br)cn2)C1.Cl.Cl. The number of carbonyl (C=O) groups is 1. The van der Waals surface area contributed by atoms with Gasteiger partial charge in [0.15, 0.2) is 0 Å². The Morgan fingerprint density at radius 1 is 1.48 bits per heavy atom. The van der Waals surface area contributed by atoms with Crippen LogP contribution in [0.3, 0.4) is 0 Å². The highest BCUT2D eigenvalue weighted by atomic mass is 79.9. The first-order valence-corrected chi connectivity index (χ1v) is 7.27. The van der Waals surface area contributed by atoms with Gasteiger partial charge in [-0.05, 0) is 54.5 Å². The molecule has 2 rings (SSSR count). The summed E-state index contributed by atoms with van der Waals surface area (Å²) >= 11 is 3.32. The molecule has 8 heteroatoms. The molecule has 0 radical (unpaired) electrons. The molecule has 21 heavy (non-hydrogen) atoms. The standard InChI is InChI=1S/C13H19BrN4O.2ClH/c1-15-11-3-2-6-18(8-11)9-13(19)17-12-5-4-10(14)7-16-12;;/h4-5,7,11,15H,2-3,6,8-9H2,1H3,(H,16,17,19);2*1H. The Morgan fingerprint density at radius 2 is 2.24 bits per heavy atom. The lowest BCUT2D eigenvalue weighted by Crippen LogP contribution is -2.46. The van der Waals surface area contributed by atoms with Crippen LogP contribution in [0, 0.1) is 0 Å². The van der Waals surface area contributed by atoms with Gasteiger partial charge in [-0.15, -0.1) is 24.8 Å². The molecule has 1 atom stereocenters. The highest BCUT2D eigenvalue weighted by Gasteiger charge is 2.20. The third kappa shape index (κ3) is 6.93. The number of anilines is 1. The topological polar surface area (TPSA) is 57.3 Å². The third-order valence-electron chi connectivity index (χ3n) is 3.28. The van der Waals surface area contributed by atoms with Crippen LogP contribution in [-0.4, -0.2) is 48.5 Å². The van der Waals surface area contributed by atoms with Crippen molar-refractivity contribution in [1.82, 2.24) is 15.2 Å². The van der Waals surface area contributed by atoms with Crippen LogP contribution in [0.15, 0.2) is 22.8 Å². The molecule has 0 aromatic carbocycles. The lowest BCUT2D eigenvalue weighted by molar-refractivity contribution is -0.117. The van der Waals surface area contributed by atoms with Gasteiger partial charge in [0.2, 0.25) is 5.91 Å². The summed E-state index contributed by atoms with van der Waals surface area (Å²) in [6.07, 6.45) is 3.99. The van der Waals surface area contributed by atoms with Crippen LogP contribution < -0.4 is 10.6 Å². The molecule has 120 valence electrons. The van der Waals surface area contributed by atoms with E-state index in [9.17, 15) is 4.79 Å². The molecule has 1 unspecified atom stereocenters. The predicted molar refractivity (Wildman–Crippen MR) is 93.6 cm³/mol. The number of nitrogens with one attached hydrogen (secondary N) is 2. The molecule has 5 nitrogen and oxygen atoms in total. The Morgan fingerprint density at radius 3 is 2.86 bits per heavy atom. The second kappa shape index (κ2) is 10.3. The van der Waals surface area contributed by atoms with Gasteiger partial charge in [0.1, 0.15) is 5.82 Å². The smallest absolute Gasteiger partial charge is 0.239 e. The van der Waals surface area contributed by atoms with E-state index in [1.54, 1.807) is 12.3 Å². The van der Waals surface area contributed by atoms with Crippen LogP contribution in [0.4, 0.5) is 5.82 Å². The van der Waals surface area contributed by atoms with Crippen LogP contribution in [0.1, 0.15) is 12.8 Å².